The summed E-state index contributed by atoms with van der Waals surface area (Å²) in [4.78, 5) is 19.9. The van der Waals surface area contributed by atoms with Crippen LogP contribution in [0.15, 0.2) is 85.3 Å². The molecule has 7 aromatic rings. The van der Waals surface area contributed by atoms with Crippen molar-refractivity contribution < 1.29 is 18.3 Å². The molecule has 0 bridgehead atoms. The summed E-state index contributed by atoms with van der Waals surface area (Å²) in [5.41, 5.74) is 4.26. The highest BCUT2D eigenvalue weighted by atomic mass is 19.2. The highest BCUT2D eigenvalue weighted by molar-refractivity contribution is 6.14. The van der Waals surface area contributed by atoms with Gasteiger partial charge < -0.3 is 14.7 Å². The Hall–Kier alpha value is -5.25. The summed E-state index contributed by atoms with van der Waals surface area (Å²) in [6.45, 7) is 0. The molecule has 7 rings (SSSR count). The molecule has 0 aliphatic rings. The minimum Gasteiger partial charge on any atom is -0.454 e. The van der Waals surface area contributed by atoms with Gasteiger partial charge in [-0.2, -0.15) is 14.6 Å². The van der Waals surface area contributed by atoms with Crippen molar-refractivity contribution >= 4 is 33.4 Å². The number of rotatable bonds is 5. The van der Waals surface area contributed by atoms with E-state index in [1.807, 2.05) is 30.5 Å². The molecular weight excluding hydrogens is 478 g/mol. The number of ether oxygens (including phenoxy) is 1. The first-order valence-corrected chi connectivity index (χ1v) is 11.3. The second-order valence-electron chi connectivity index (χ2n) is 8.48. The Balaban J connectivity index is 1.27. The van der Waals surface area contributed by atoms with Crippen LogP contribution < -0.4 is 4.74 Å². The lowest BCUT2D eigenvalue weighted by atomic mass is 10.1. The average Bonchev–Trinajstić information content (AvgIpc) is 3.69. The van der Waals surface area contributed by atoms with Crippen molar-refractivity contribution in [3.05, 3.63) is 108 Å². The molecular formula is C27H16F2N6O2. The average molecular weight is 494 g/mol. The number of imidazole rings is 1. The van der Waals surface area contributed by atoms with Crippen LogP contribution in [0.1, 0.15) is 16.1 Å². The third kappa shape index (κ3) is 3.30. The summed E-state index contributed by atoms with van der Waals surface area (Å²) in [6, 6.07) is 18.1. The highest BCUT2D eigenvalue weighted by Crippen LogP contribution is 2.30. The van der Waals surface area contributed by atoms with Gasteiger partial charge in [0.25, 0.3) is 0 Å². The number of ketones is 1. The molecule has 0 saturated heterocycles. The van der Waals surface area contributed by atoms with Gasteiger partial charge in [-0.05, 0) is 48.5 Å². The number of nitrogens with one attached hydrogen (secondary N) is 2. The zero-order valence-electron chi connectivity index (χ0n) is 18.9. The predicted molar refractivity (Wildman–Crippen MR) is 132 cm³/mol. The van der Waals surface area contributed by atoms with E-state index in [2.05, 4.69) is 20.2 Å². The molecule has 180 valence electrons. The quantitative estimate of drug-likeness (QED) is 0.297. The maximum Gasteiger partial charge on any atom is 0.214 e. The number of aromatic amines is 2. The fourth-order valence-corrected chi connectivity index (χ4v) is 4.52. The number of fused-ring (bicyclic) bond motifs is 4. The van der Waals surface area contributed by atoms with Gasteiger partial charge >= 0.3 is 0 Å². The van der Waals surface area contributed by atoms with Crippen molar-refractivity contribution in [2.75, 3.05) is 0 Å². The van der Waals surface area contributed by atoms with Crippen molar-refractivity contribution in [2.45, 2.75) is 0 Å². The Kier molecular flexibility index (Phi) is 4.49. The lowest BCUT2D eigenvalue weighted by Crippen LogP contribution is -2.01. The summed E-state index contributed by atoms with van der Waals surface area (Å²) in [7, 11) is 0. The van der Waals surface area contributed by atoms with Crippen molar-refractivity contribution in [3.63, 3.8) is 0 Å². The van der Waals surface area contributed by atoms with Crippen molar-refractivity contribution in [3.8, 4) is 17.2 Å². The first-order chi connectivity index (χ1) is 18.1. The molecule has 37 heavy (non-hydrogen) atoms. The molecule has 0 aliphatic heterocycles. The molecule has 0 aliphatic carbocycles. The first kappa shape index (κ1) is 21.1. The molecule has 0 fully saturated rings. The Morgan fingerprint density at radius 2 is 1.81 bits per heavy atom. The smallest absolute Gasteiger partial charge is 0.214 e. The van der Waals surface area contributed by atoms with E-state index in [0.29, 0.717) is 33.7 Å². The highest BCUT2D eigenvalue weighted by Gasteiger charge is 2.21. The predicted octanol–water partition coefficient (Wildman–Crippen LogP) is 5.78. The van der Waals surface area contributed by atoms with Gasteiger partial charge in [0.15, 0.2) is 11.6 Å². The van der Waals surface area contributed by atoms with Crippen LogP contribution >= 0.6 is 0 Å². The zero-order chi connectivity index (χ0) is 25.1. The van der Waals surface area contributed by atoms with Crippen LogP contribution in [0.4, 0.5) is 8.78 Å². The second-order valence-corrected chi connectivity index (χ2v) is 8.48. The van der Waals surface area contributed by atoms with Gasteiger partial charge in [-0.25, -0.2) is 13.6 Å². The van der Waals surface area contributed by atoms with Crippen LogP contribution in [-0.4, -0.2) is 35.1 Å². The number of aromatic nitrogens is 6. The van der Waals surface area contributed by atoms with Gasteiger partial charge in [0.1, 0.15) is 11.4 Å². The molecule has 0 spiro atoms. The molecule has 3 aromatic carbocycles. The number of H-pyrrole nitrogens is 2. The number of benzene rings is 3. The largest absolute Gasteiger partial charge is 0.454 e. The van der Waals surface area contributed by atoms with E-state index >= 15 is 0 Å². The Labute approximate surface area is 206 Å². The second kappa shape index (κ2) is 7.89. The van der Waals surface area contributed by atoms with Gasteiger partial charge in [0.2, 0.25) is 11.6 Å². The van der Waals surface area contributed by atoms with Gasteiger partial charge in [-0.1, -0.05) is 12.1 Å². The first-order valence-electron chi connectivity index (χ1n) is 11.3. The van der Waals surface area contributed by atoms with E-state index < -0.39 is 11.6 Å². The zero-order valence-corrected chi connectivity index (χ0v) is 18.9. The number of hydrogen-bond acceptors (Lipinski definition) is 4. The third-order valence-corrected chi connectivity index (χ3v) is 6.24. The number of halogens is 2. The molecule has 0 radical (unpaired) electrons. The van der Waals surface area contributed by atoms with Crippen molar-refractivity contribution in [1.82, 2.24) is 29.4 Å². The number of carbonyl (C=O) groups excluding carboxylic acids is 1. The summed E-state index contributed by atoms with van der Waals surface area (Å²) >= 11 is 0. The number of carbonyl (C=O) groups is 1. The maximum atomic E-state index is 14.0. The fraction of sp³-hybridized carbons (Fsp3) is 0. The van der Waals surface area contributed by atoms with Crippen molar-refractivity contribution in [2.24, 2.45) is 0 Å². The monoisotopic (exact) mass is 494 g/mol. The standard InChI is InChI=1S/C27H16F2N6O2/c28-18-4-1-7-24(25(18)29)37-15-8-9-23-20(12-15)33-27-17(14-31-35(23)27)26(36)21-13-16-19(32-21)5-2-6-22(16)34-11-3-10-30-34/h1-14,32-33H. The summed E-state index contributed by atoms with van der Waals surface area (Å²) in [5, 5.41) is 9.55. The lowest BCUT2D eigenvalue weighted by molar-refractivity contribution is 0.103. The molecule has 0 amide bonds. The van der Waals surface area contributed by atoms with Crippen LogP contribution in [-0.2, 0) is 0 Å². The van der Waals surface area contributed by atoms with E-state index in [1.54, 1.807) is 39.7 Å². The summed E-state index contributed by atoms with van der Waals surface area (Å²) in [6.07, 6.45) is 5.05. The Bertz CT molecular complexity index is 1970. The summed E-state index contributed by atoms with van der Waals surface area (Å²) in [5.74, 6) is -2.21. The van der Waals surface area contributed by atoms with E-state index in [1.165, 1.54) is 18.3 Å². The SMILES string of the molecule is O=C(c1cc2c(-n3cccn3)cccc2[nH]1)c1cnn2c1[nH]c1cc(Oc3cccc(F)c3F)ccc12. The maximum absolute atomic E-state index is 14.0. The van der Waals surface area contributed by atoms with Crippen LogP contribution in [0, 0.1) is 11.6 Å². The molecule has 10 heteroatoms. The van der Waals surface area contributed by atoms with Crippen molar-refractivity contribution in [1.29, 1.82) is 0 Å². The van der Waals surface area contributed by atoms with Crippen LogP contribution in [0.2, 0.25) is 0 Å². The molecule has 0 unspecified atom stereocenters. The molecule has 8 nitrogen and oxygen atoms in total. The molecule has 4 heterocycles. The van der Waals surface area contributed by atoms with Gasteiger partial charge in [-0.3, -0.25) is 4.79 Å². The molecule has 4 aromatic heterocycles. The molecule has 0 atom stereocenters. The Morgan fingerprint density at radius 3 is 2.68 bits per heavy atom. The van der Waals surface area contributed by atoms with Crippen LogP contribution in [0.3, 0.4) is 0 Å². The van der Waals surface area contributed by atoms with E-state index in [9.17, 15) is 13.6 Å². The van der Waals surface area contributed by atoms with Gasteiger partial charge in [0, 0.05) is 29.4 Å². The summed E-state index contributed by atoms with van der Waals surface area (Å²) < 4.78 is 36.5. The minimum absolute atomic E-state index is 0.222. The minimum atomic E-state index is -1.06. The van der Waals surface area contributed by atoms with E-state index in [-0.39, 0.29) is 11.5 Å². The molecule has 2 N–H and O–H groups in total. The van der Waals surface area contributed by atoms with Gasteiger partial charge in [0.05, 0.1) is 34.2 Å². The molecule has 0 saturated carbocycles. The normalized spacial score (nSPS) is 11.6. The number of nitrogens with zero attached hydrogens (tertiary/aromatic N) is 4. The van der Waals surface area contributed by atoms with Crippen LogP contribution in [0.5, 0.6) is 11.5 Å². The van der Waals surface area contributed by atoms with Crippen LogP contribution in [0.25, 0.3) is 33.3 Å². The Morgan fingerprint density at radius 1 is 0.919 bits per heavy atom. The topological polar surface area (TPSA) is 93.0 Å². The fourth-order valence-electron chi connectivity index (χ4n) is 4.52. The number of hydrogen-bond donors (Lipinski definition) is 2. The van der Waals surface area contributed by atoms with E-state index in [0.717, 1.165) is 22.7 Å². The van der Waals surface area contributed by atoms with Gasteiger partial charge in [-0.15, -0.1) is 0 Å². The van der Waals surface area contributed by atoms with E-state index in [4.69, 9.17) is 4.74 Å². The lowest BCUT2D eigenvalue weighted by Gasteiger charge is -2.07. The third-order valence-electron chi connectivity index (χ3n) is 6.24.